The Morgan fingerprint density at radius 1 is 0.778 bits per heavy atom. The summed E-state index contributed by atoms with van der Waals surface area (Å²) in [6, 6.07) is 23.5. The molecule has 6 heteroatoms. The summed E-state index contributed by atoms with van der Waals surface area (Å²) in [4.78, 5) is -0.00973. The lowest BCUT2D eigenvalue weighted by molar-refractivity contribution is 0.0385. The Morgan fingerprint density at radius 2 is 1.30 bits per heavy atom. The van der Waals surface area contributed by atoms with E-state index in [2.05, 4.69) is 0 Å². The number of methoxy groups -OCH3 is 1. The molecule has 3 aromatic carbocycles. The molecule has 0 saturated carbocycles. The van der Waals surface area contributed by atoms with E-state index in [9.17, 15) is 13.5 Å². The van der Waals surface area contributed by atoms with Gasteiger partial charge in [-0.25, -0.2) is 0 Å². The number of rotatable bonds is 7. The average Bonchev–Trinajstić information content (AvgIpc) is 2.73. The van der Waals surface area contributed by atoms with E-state index in [1.165, 1.54) is 19.2 Å². The predicted octanol–water partition coefficient (Wildman–Crippen LogP) is 3.88. The van der Waals surface area contributed by atoms with Crippen LogP contribution in [0.3, 0.4) is 0 Å². The van der Waals surface area contributed by atoms with E-state index in [1.807, 2.05) is 12.1 Å². The fourth-order valence-corrected chi connectivity index (χ4v) is 3.76. The number of aliphatic hydroxyl groups excluding tert-OH is 1. The molecule has 3 rings (SSSR count). The van der Waals surface area contributed by atoms with E-state index in [4.69, 9.17) is 8.92 Å². The molecule has 27 heavy (non-hydrogen) atoms. The first-order valence-corrected chi connectivity index (χ1v) is 9.77. The molecule has 0 aliphatic carbocycles. The number of hydrogen-bond donors (Lipinski definition) is 1. The number of ether oxygens (including phenoxy) is 1. The second-order valence-corrected chi connectivity index (χ2v) is 7.48. The van der Waals surface area contributed by atoms with Crippen LogP contribution in [0.15, 0.2) is 89.8 Å². The van der Waals surface area contributed by atoms with Crippen LogP contribution in [0.2, 0.25) is 0 Å². The molecule has 0 heterocycles. The average molecular weight is 384 g/mol. The van der Waals surface area contributed by atoms with E-state index in [-0.39, 0.29) is 4.90 Å². The smallest absolute Gasteiger partial charge is 0.297 e. The summed E-state index contributed by atoms with van der Waals surface area (Å²) in [6.45, 7) is 0. The molecule has 5 nitrogen and oxygen atoms in total. The Balaban J connectivity index is 1.95. The molecule has 0 aliphatic rings. The third kappa shape index (κ3) is 4.54. The van der Waals surface area contributed by atoms with Gasteiger partial charge in [-0.2, -0.15) is 8.42 Å². The van der Waals surface area contributed by atoms with Gasteiger partial charge in [0.1, 0.15) is 18.0 Å². The summed E-state index contributed by atoms with van der Waals surface area (Å²) in [5.74, 6) is 0.540. The summed E-state index contributed by atoms with van der Waals surface area (Å²) in [5, 5.41) is 10.8. The lowest BCUT2D eigenvalue weighted by Crippen LogP contribution is -2.19. The Bertz CT molecular complexity index is 954. The highest BCUT2D eigenvalue weighted by Gasteiger charge is 2.30. The Hall–Kier alpha value is -2.67. The summed E-state index contributed by atoms with van der Waals surface area (Å²) in [5.41, 5.74) is 1.13. The largest absolute Gasteiger partial charge is 0.497 e. The van der Waals surface area contributed by atoms with E-state index in [0.29, 0.717) is 16.9 Å². The van der Waals surface area contributed by atoms with Crippen molar-refractivity contribution in [2.75, 3.05) is 7.11 Å². The fourth-order valence-electron chi connectivity index (χ4n) is 2.69. The standard InChI is InChI=1S/C21H20O5S/c1-25-18-12-14-19(15-13-18)27(23,24)26-21(17-10-6-3-7-11-17)20(22)16-8-4-2-5-9-16/h2-15,20-22H,1H3. The highest BCUT2D eigenvalue weighted by atomic mass is 32.2. The summed E-state index contributed by atoms with van der Waals surface area (Å²) < 4.78 is 36.1. The molecule has 0 saturated heterocycles. The van der Waals surface area contributed by atoms with Crippen LogP contribution in [0.25, 0.3) is 0 Å². The lowest BCUT2D eigenvalue weighted by atomic mass is 9.98. The number of aliphatic hydroxyl groups is 1. The third-order valence-electron chi connectivity index (χ3n) is 4.13. The maximum Gasteiger partial charge on any atom is 0.297 e. The highest BCUT2D eigenvalue weighted by Crippen LogP contribution is 2.35. The minimum absolute atomic E-state index is 0.00973. The molecule has 0 aliphatic heterocycles. The molecule has 0 amide bonds. The molecule has 1 N–H and O–H groups in total. The van der Waals surface area contributed by atoms with Crippen LogP contribution in [0.5, 0.6) is 5.75 Å². The van der Waals surface area contributed by atoms with Gasteiger partial charge in [0.15, 0.2) is 0 Å². The van der Waals surface area contributed by atoms with Crippen molar-refractivity contribution in [1.29, 1.82) is 0 Å². The zero-order valence-electron chi connectivity index (χ0n) is 14.7. The molecule has 0 aromatic heterocycles. The van der Waals surface area contributed by atoms with Gasteiger partial charge in [-0.05, 0) is 35.4 Å². The molecule has 3 aromatic rings. The van der Waals surface area contributed by atoms with Gasteiger partial charge in [0.2, 0.25) is 0 Å². The van der Waals surface area contributed by atoms with Gasteiger partial charge in [-0.15, -0.1) is 0 Å². The first-order valence-electron chi connectivity index (χ1n) is 8.36. The molecule has 2 atom stereocenters. The van der Waals surface area contributed by atoms with E-state index >= 15 is 0 Å². The zero-order valence-corrected chi connectivity index (χ0v) is 15.5. The summed E-state index contributed by atoms with van der Waals surface area (Å²) in [6.07, 6.45) is -2.23. The fraction of sp³-hybridized carbons (Fsp3) is 0.143. The SMILES string of the molecule is COc1ccc(S(=O)(=O)OC(c2ccccc2)C(O)c2ccccc2)cc1. The topological polar surface area (TPSA) is 72.8 Å². The van der Waals surface area contributed by atoms with Gasteiger partial charge >= 0.3 is 0 Å². The molecule has 0 spiro atoms. The maximum atomic E-state index is 12.8. The van der Waals surface area contributed by atoms with Crippen molar-refractivity contribution >= 4 is 10.1 Å². The minimum atomic E-state index is -4.10. The number of hydrogen-bond acceptors (Lipinski definition) is 5. The first-order chi connectivity index (χ1) is 13.0. The molecule has 140 valence electrons. The predicted molar refractivity (Wildman–Crippen MR) is 102 cm³/mol. The van der Waals surface area contributed by atoms with Crippen molar-refractivity contribution in [2.45, 2.75) is 17.1 Å². The Morgan fingerprint density at radius 3 is 1.81 bits per heavy atom. The van der Waals surface area contributed by atoms with Gasteiger partial charge in [0.25, 0.3) is 10.1 Å². The van der Waals surface area contributed by atoms with Crippen LogP contribution in [0.1, 0.15) is 23.3 Å². The normalized spacial score (nSPS) is 13.7. The molecular formula is C21H20O5S. The maximum absolute atomic E-state index is 12.8. The van der Waals surface area contributed by atoms with Gasteiger partial charge in [-0.1, -0.05) is 60.7 Å². The lowest BCUT2D eigenvalue weighted by Gasteiger charge is -2.23. The summed E-state index contributed by atoms with van der Waals surface area (Å²) >= 11 is 0. The summed E-state index contributed by atoms with van der Waals surface area (Å²) in [7, 11) is -2.60. The van der Waals surface area contributed by atoms with Crippen LogP contribution in [0, 0.1) is 0 Å². The van der Waals surface area contributed by atoms with Gasteiger partial charge in [-0.3, -0.25) is 4.18 Å². The minimum Gasteiger partial charge on any atom is -0.497 e. The van der Waals surface area contributed by atoms with Crippen LogP contribution < -0.4 is 4.74 Å². The molecule has 2 unspecified atom stereocenters. The van der Waals surface area contributed by atoms with Crippen molar-refractivity contribution in [3.8, 4) is 5.75 Å². The van der Waals surface area contributed by atoms with Crippen molar-refractivity contribution in [2.24, 2.45) is 0 Å². The monoisotopic (exact) mass is 384 g/mol. The second kappa shape index (κ2) is 8.35. The van der Waals surface area contributed by atoms with Crippen LogP contribution in [-0.2, 0) is 14.3 Å². The molecule has 0 fully saturated rings. The molecule has 0 radical (unpaired) electrons. The number of benzene rings is 3. The van der Waals surface area contributed by atoms with E-state index < -0.39 is 22.3 Å². The first kappa shape index (κ1) is 19.1. The quantitative estimate of drug-likeness (QED) is 0.626. The van der Waals surface area contributed by atoms with Crippen molar-refractivity contribution in [3.05, 3.63) is 96.1 Å². The van der Waals surface area contributed by atoms with E-state index in [0.717, 1.165) is 0 Å². The molecule has 0 bridgehead atoms. The third-order valence-corrected chi connectivity index (χ3v) is 5.44. The highest BCUT2D eigenvalue weighted by molar-refractivity contribution is 7.86. The van der Waals surface area contributed by atoms with Crippen molar-refractivity contribution in [1.82, 2.24) is 0 Å². The van der Waals surface area contributed by atoms with E-state index in [1.54, 1.807) is 60.7 Å². The van der Waals surface area contributed by atoms with Crippen LogP contribution in [0.4, 0.5) is 0 Å². The molecular weight excluding hydrogens is 364 g/mol. The van der Waals surface area contributed by atoms with Gasteiger partial charge in [0, 0.05) is 0 Å². The second-order valence-electron chi connectivity index (χ2n) is 5.91. The van der Waals surface area contributed by atoms with Crippen LogP contribution in [-0.4, -0.2) is 20.6 Å². The van der Waals surface area contributed by atoms with Crippen molar-refractivity contribution in [3.63, 3.8) is 0 Å². The van der Waals surface area contributed by atoms with Crippen LogP contribution >= 0.6 is 0 Å². The zero-order chi connectivity index (χ0) is 19.3. The Kier molecular flexibility index (Phi) is 5.91. The Labute approximate surface area is 158 Å². The van der Waals surface area contributed by atoms with Gasteiger partial charge in [0.05, 0.1) is 12.0 Å². The van der Waals surface area contributed by atoms with Gasteiger partial charge < -0.3 is 9.84 Å². The van der Waals surface area contributed by atoms with Crippen molar-refractivity contribution < 1.29 is 22.4 Å².